The highest BCUT2D eigenvalue weighted by molar-refractivity contribution is 5.76. The highest BCUT2D eigenvalue weighted by atomic mass is 19.4. The zero-order valence-corrected chi connectivity index (χ0v) is 12.8. The summed E-state index contributed by atoms with van der Waals surface area (Å²) in [5.74, 6) is -0.0336. The fraction of sp³-hybridized carbons (Fsp3) is 0.278. The first-order valence-corrected chi connectivity index (χ1v) is 7.30. The van der Waals surface area contributed by atoms with E-state index in [9.17, 15) is 18.0 Å². The van der Waals surface area contributed by atoms with Gasteiger partial charge in [0.2, 0.25) is 5.91 Å². The van der Waals surface area contributed by atoms with Crippen LogP contribution in [0.5, 0.6) is 0 Å². The number of rotatable bonds is 5. The third-order valence-corrected chi connectivity index (χ3v) is 3.60. The third-order valence-electron chi connectivity index (χ3n) is 3.60. The van der Waals surface area contributed by atoms with Gasteiger partial charge < -0.3 is 4.90 Å². The molecular weight excluding hydrogens is 303 g/mol. The molecule has 2 aromatic carbocycles. The minimum atomic E-state index is -4.34. The molecule has 0 saturated carbocycles. The predicted molar refractivity (Wildman–Crippen MR) is 82.7 cm³/mol. The quantitative estimate of drug-likeness (QED) is 0.804. The molecular formula is C18H18F3NO. The first-order chi connectivity index (χ1) is 10.9. The van der Waals surface area contributed by atoms with E-state index in [1.165, 1.54) is 17.0 Å². The maximum Gasteiger partial charge on any atom is 0.416 e. The number of hydrogen-bond acceptors (Lipinski definition) is 1. The van der Waals surface area contributed by atoms with Crippen LogP contribution in [-0.2, 0) is 23.9 Å². The smallest absolute Gasteiger partial charge is 0.341 e. The van der Waals surface area contributed by atoms with Gasteiger partial charge in [-0.1, -0.05) is 42.5 Å². The first-order valence-electron chi connectivity index (χ1n) is 7.30. The lowest BCUT2D eigenvalue weighted by Gasteiger charge is -2.18. The van der Waals surface area contributed by atoms with Gasteiger partial charge in [-0.3, -0.25) is 4.79 Å². The Morgan fingerprint density at radius 2 is 1.57 bits per heavy atom. The van der Waals surface area contributed by atoms with Crippen molar-refractivity contribution in [3.8, 4) is 0 Å². The average molecular weight is 321 g/mol. The van der Waals surface area contributed by atoms with Crippen molar-refractivity contribution in [3.63, 3.8) is 0 Å². The lowest BCUT2D eigenvalue weighted by atomic mass is 10.1. The summed E-state index contributed by atoms with van der Waals surface area (Å²) < 4.78 is 37.5. The van der Waals surface area contributed by atoms with Crippen molar-refractivity contribution in [2.75, 3.05) is 7.05 Å². The zero-order chi connectivity index (χ0) is 16.9. The number of amides is 1. The van der Waals surface area contributed by atoms with Gasteiger partial charge in [0.1, 0.15) is 0 Å². The number of benzene rings is 2. The molecule has 0 aliphatic carbocycles. The molecule has 0 bridgehead atoms. The first kappa shape index (κ1) is 17.1. The van der Waals surface area contributed by atoms with E-state index in [-0.39, 0.29) is 5.91 Å². The lowest BCUT2D eigenvalue weighted by molar-refractivity contribution is -0.137. The van der Waals surface area contributed by atoms with Gasteiger partial charge in [-0.15, -0.1) is 0 Å². The van der Waals surface area contributed by atoms with Crippen LogP contribution in [0, 0.1) is 0 Å². The molecule has 23 heavy (non-hydrogen) atoms. The Morgan fingerprint density at radius 3 is 2.13 bits per heavy atom. The molecule has 122 valence electrons. The Hall–Kier alpha value is -2.30. The van der Waals surface area contributed by atoms with E-state index in [0.717, 1.165) is 17.7 Å². The summed E-state index contributed by atoms with van der Waals surface area (Å²) >= 11 is 0. The van der Waals surface area contributed by atoms with Crippen LogP contribution in [-0.4, -0.2) is 17.9 Å². The molecule has 0 unspecified atom stereocenters. The second-order valence-corrected chi connectivity index (χ2v) is 5.43. The summed E-state index contributed by atoms with van der Waals surface area (Å²) in [6.45, 7) is 0.297. The van der Waals surface area contributed by atoms with Crippen molar-refractivity contribution >= 4 is 5.91 Å². The average Bonchev–Trinajstić information content (AvgIpc) is 2.53. The molecule has 0 aliphatic rings. The van der Waals surface area contributed by atoms with Crippen molar-refractivity contribution in [3.05, 3.63) is 71.3 Å². The SMILES string of the molecule is CN(Cc1ccc(C(F)(F)F)cc1)C(=O)CCc1ccccc1. The maximum absolute atomic E-state index is 12.5. The van der Waals surface area contributed by atoms with Crippen LogP contribution in [0.1, 0.15) is 23.1 Å². The number of alkyl halides is 3. The minimum absolute atomic E-state index is 0.0336. The summed E-state index contributed by atoms with van der Waals surface area (Å²) in [6.07, 6.45) is -3.31. The topological polar surface area (TPSA) is 20.3 Å². The van der Waals surface area contributed by atoms with Crippen molar-refractivity contribution < 1.29 is 18.0 Å². The van der Waals surface area contributed by atoms with Crippen LogP contribution < -0.4 is 0 Å². The van der Waals surface area contributed by atoms with Crippen molar-refractivity contribution in [2.45, 2.75) is 25.6 Å². The van der Waals surface area contributed by atoms with E-state index in [0.29, 0.717) is 24.9 Å². The Balaban J connectivity index is 1.88. The maximum atomic E-state index is 12.5. The molecule has 0 saturated heterocycles. The highest BCUT2D eigenvalue weighted by Gasteiger charge is 2.29. The Labute approximate surface area is 133 Å². The fourth-order valence-corrected chi connectivity index (χ4v) is 2.25. The molecule has 0 fully saturated rings. The standard InChI is InChI=1S/C18H18F3NO/c1-22(17(23)12-9-14-5-3-2-4-6-14)13-15-7-10-16(11-8-15)18(19,20)21/h2-8,10-11H,9,12-13H2,1H3. The van der Waals surface area contributed by atoms with E-state index in [1.807, 2.05) is 30.3 Å². The molecule has 0 spiro atoms. The van der Waals surface area contributed by atoms with E-state index < -0.39 is 11.7 Å². The molecule has 0 atom stereocenters. The third kappa shape index (κ3) is 5.13. The monoisotopic (exact) mass is 321 g/mol. The number of nitrogens with zero attached hydrogens (tertiary/aromatic N) is 1. The molecule has 0 aromatic heterocycles. The Bertz CT molecular complexity index is 636. The zero-order valence-electron chi connectivity index (χ0n) is 12.8. The van der Waals surface area contributed by atoms with E-state index in [4.69, 9.17) is 0 Å². The summed E-state index contributed by atoms with van der Waals surface area (Å²) in [5, 5.41) is 0. The predicted octanol–water partition coefficient (Wildman–Crippen LogP) is 4.30. The summed E-state index contributed by atoms with van der Waals surface area (Å²) in [6, 6.07) is 14.6. The number of hydrogen-bond donors (Lipinski definition) is 0. The van der Waals surface area contributed by atoms with Gasteiger partial charge >= 0.3 is 6.18 Å². The number of halogens is 3. The molecule has 0 N–H and O–H groups in total. The van der Waals surface area contributed by atoms with E-state index >= 15 is 0 Å². The molecule has 2 rings (SSSR count). The molecule has 0 radical (unpaired) electrons. The molecule has 0 aliphatic heterocycles. The van der Waals surface area contributed by atoms with Crippen LogP contribution in [0.2, 0.25) is 0 Å². The molecule has 1 amide bonds. The molecule has 2 nitrogen and oxygen atoms in total. The van der Waals surface area contributed by atoms with Crippen LogP contribution >= 0.6 is 0 Å². The number of aryl methyl sites for hydroxylation is 1. The summed E-state index contributed by atoms with van der Waals surface area (Å²) in [4.78, 5) is 13.6. The van der Waals surface area contributed by atoms with E-state index in [1.54, 1.807) is 7.05 Å². The molecule has 5 heteroatoms. The summed E-state index contributed by atoms with van der Waals surface area (Å²) in [7, 11) is 1.66. The van der Waals surface area contributed by atoms with Gasteiger partial charge in [0.15, 0.2) is 0 Å². The normalized spacial score (nSPS) is 11.3. The molecule has 2 aromatic rings. The minimum Gasteiger partial charge on any atom is -0.341 e. The Kier molecular flexibility index (Phi) is 5.42. The van der Waals surface area contributed by atoms with Gasteiger partial charge in [0.25, 0.3) is 0 Å². The number of carbonyl (C=O) groups excluding carboxylic acids is 1. The largest absolute Gasteiger partial charge is 0.416 e. The highest BCUT2D eigenvalue weighted by Crippen LogP contribution is 2.29. The number of carbonyl (C=O) groups is 1. The van der Waals surface area contributed by atoms with Crippen LogP contribution in [0.15, 0.2) is 54.6 Å². The van der Waals surface area contributed by atoms with E-state index in [2.05, 4.69) is 0 Å². The van der Waals surface area contributed by atoms with Crippen molar-refractivity contribution in [2.24, 2.45) is 0 Å². The van der Waals surface area contributed by atoms with Gasteiger partial charge in [-0.25, -0.2) is 0 Å². The van der Waals surface area contributed by atoms with Crippen molar-refractivity contribution in [1.29, 1.82) is 0 Å². The van der Waals surface area contributed by atoms with Gasteiger partial charge in [0.05, 0.1) is 5.56 Å². The fourth-order valence-electron chi connectivity index (χ4n) is 2.25. The van der Waals surface area contributed by atoms with Gasteiger partial charge in [-0.05, 0) is 29.7 Å². The van der Waals surface area contributed by atoms with Crippen LogP contribution in [0.25, 0.3) is 0 Å². The second kappa shape index (κ2) is 7.31. The van der Waals surface area contributed by atoms with Gasteiger partial charge in [-0.2, -0.15) is 13.2 Å². The second-order valence-electron chi connectivity index (χ2n) is 5.43. The van der Waals surface area contributed by atoms with Crippen LogP contribution in [0.3, 0.4) is 0 Å². The van der Waals surface area contributed by atoms with Crippen LogP contribution in [0.4, 0.5) is 13.2 Å². The summed E-state index contributed by atoms with van der Waals surface area (Å²) in [5.41, 5.74) is 1.08. The van der Waals surface area contributed by atoms with Gasteiger partial charge in [0, 0.05) is 20.0 Å². The molecule has 0 heterocycles. The van der Waals surface area contributed by atoms with Crippen molar-refractivity contribution in [1.82, 2.24) is 4.90 Å². The lowest BCUT2D eigenvalue weighted by Crippen LogP contribution is -2.26. The Morgan fingerprint density at radius 1 is 0.957 bits per heavy atom.